The molecule has 0 spiro atoms. The summed E-state index contributed by atoms with van der Waals surface area (Å²) in [6.07, 6.45) is 0. The molecule has 1 unspecified atom stereocenters. The molecule has 80 valence electrons. The Bertz CT molecular complexity index is 488. The predicted octanol–water partition coefficient (Wildman–Crippen LogP) is 2.83. The van der Waals surface area contributed by atoms with Crippen LogP contribution in [0.25, 0.3) is 5.57 Å². The number of rotatable bonds is 1. The monoisotopic (exact) mass is 221 g/mol. The number of aryl methyl sites for hydroxylation is 1. The third kappa shape index (κ3) is 1.49. The van der Waals surface area contributed by atoms with Crippen LogP contribution < -0.4 is 5.30 Å². The molecule has 1 atom stereocenters. The Labute approximate surface area is 91.0 Å². The minimum absolute atomic E-state index is 0.982. The first-order valence-corrected chi connectivity index (χ1v) is 6.76. The van der Waals surface area contributed by atoms with Gasteiger partial charge in [-0.2, -0.15) is 0 Å². The zero-order chi connectivity index (χ0) is 11.2. The van der Waals surface area contributed by atoms with Crippen molar-refractivity contribution in [3.05, 3.63) is 35.1 Å². The van der Waals surface area contributed by atoms with Gasteiger partial charge in [-0.15, -0.1) is 0 Å². The Morgan fingerprint density at radius 1 is 1.20 bits per heavy atom. The van der Waals surface area contributed by atoms with E-state index < -0.39 is 7.29 Å². The predicted molar refractivity (Wildman–Crippen MR) is 65.8 cm³/mol. The third-order valence-corrected chi connectivity index (χ3v) is 5.89. The quantitative estimate of drug-likeness (QED) is 0.679. The maximum Gasteiger partial charge on any atom is 0.200 e. The Morgan fingerprint density at radius 3 is 2.47 bits per heavy atom. The van der Waals surface area contributed by atoms with Gasteiger partial charge >= 0.3 is 0 Å². The van der Waals surface area contributed by atoms with Gasteiger partial charge in [0.25, 0.3) is 0 Å². The lowest BCUT2D eigenvalue weighted by Crippen LogP contribution is -2.16. The van der Waals surface area contributed by atoms with E-state index >= 15 is 0 Å². The molecule has 1 aliphatic rings. The lowest BCUT2D eigenvalue weighted by Gasteiger charge is -2.19. The van der Waals surface area contributed by atoms with Crippen LogP contribution in [0.2, 0.25) is 0 Å². The van der Waals surface area contributed by atoms with E-state index in [2.05, 4.69) is 13.0 Å². The lowest BCUT2D eigenvalue weighted by molar-refractivity contribution is 0.533. The van der Waals surface area contributed by atoms with E-state index in [1.165, 1.54) is 5.56 Å². The van der Waals surface area contributed by atoms with Crippen molar-refractivity contribution in [3.8, 4) is 0 Å². The molecule has 1 aliphatic heterocycles. The molecule has 1 aromatic carbocycles. The van der Waals surface area contributed by atoms with Gasteiger partial charge in [-0.25, -0.2) is 0 Å². The summed E-state index contributed by atoms with van der Waals surface area (Å²) >= 11 is 0. The second kappa shape index (κ2) is 3.33. The molecule has 2 rings (SSSR count). The van der Waals surface area contributed by atoms with Crippen molar-refractivity contribution in [1.29, 1.82) is 0 Å². The molecule has 0 amide bonds. The Morgan fingerprint density at radius 2 is 1.87 bits per heavy atom. The molecule has 3 heteroatoms. The molecule has 15 heavy (non-hydrogen) atoms. The number of allylic oxidation sites excluding steroid dienone is 1. The lowest BCUT2D eigenvalue weighted by atomic mass is 10.1. The molecular weight excluding hydrogens is 205 g/mol. The minimum atomic E-state index is -2.44. The van der Waals surface area contributed by atoms with Crippen molar-refractivity contribution in [3.63, 3.8) is 0 Å². The van der Waals surface area contributed by atoms with Crippen LogP contribution in [0.15, 0.2) is 24.0 Å². The fourth-order valence-corrected chi connectivity index (χ4v) is 4.32. The summed E-state index contributed by atoms with van der Waals surface area (Å²) in [5, 5.41) is 0.982. The number of nitrogens with zero attached hydrogens (tertiary/aromatic N) is 1. The highest BCUT2D eigenvalue weighted by Gasteiger charge is 2.33. The third-order valence-electron chi connectivity index (χ3n) is 2.88. The summed E-state index contributed by atoms with van der Waals surface area (Å²) in [6, 6.07) is 6.14. The van der Waals surface area contributed by atoms with Crippen LogP contribution >= 0.6 is 7.29 Å². The van der Waals surface area contributed by atoms with Gasteiger partial charge < -0.3 is 0 Å². The summed E-state index contributed by atoms with van der Waals surface area (Å²) < 4.78 is 14.5. The largest absolute Gasteiger partial charge is 0.297 e. The molecule has 0 aromatic heterocycles. The van der Waals surface area contributed by atoms with E-state index in [4.69, 9.17) is 0 Å². The highest BCUT2D eigenvalue weighted by molar-refractivity contribution is 7.73. The fraction of sp³-hybridized carbons (Fsp3) is 0.333. The van der Waals surface area contributed by atoms with Crippen molar-refractivity contribution in [1.82, 2.24) is 4.67 Å². The molecule has 0 N–H and O–H groups in total. The van der Waals surface area contributed by atoms with Gasteiger partial charge in [0.15, 0.2) is 0 Å². The Kier molecular flexibility index (Phi) is 2.37. The van der Waals surface area contributed by atoms with Crippen molar-refractivity contribution in [2.45, 2.75) is 13.8 Å². The van der Waals surface area contributed by atoms with E-state index in [1.807, 2.05) is 43.6 Å². The summed E-state index contributed by atoms with van der Waals surface area (Å²) in [7, 11) is 1.31. The number of benzene rings is 1. The standard InChI is InChI=1S/C12H16NOP/c1-9-5-6-12-11(7-9)10(2)8-15(12,14)13(3)4/h5-8H,1-4H3. The number of fused-ring (bicyclic) bond motifs is 1. The van der Waals surface area contributed by atoms with Gasteiger partial charge in [-0.05, 0) is 51.0 Å². The highest BCUT2D eigenvalue weighted by Crippen LogP contribution is 2.55. The van der Waals surface area contributed by atoms with E-state index in [1.54, 1.807) is 0 Å². The summed E-state index contributed by atoms with van der Waals surface area (Å²) in [6.45, 7) is 4.09. The van der Waals surface area contributed by atoms with Gasteiger partial charge in [-0.3, -0.25) is 9.24 Å². The van der Waals surface area contributed by atoms with E-state index in [9.17, 15) is 4.57 Å². The molecule has 0 aliphatic carbocycles. The van der Waals surface area contributed by atoms with Crippen LogP contribution in [0.1, 0.15) is 18.1 Å². The second-order valence-corrected chi connectivity index (χ2v) is 7.09. The molecule has 1 heterocycles. The average Bonchev–Trinajstić information content (AvgIpc) is 2.40. The Hall–Kier alpha value is -0.850. The van der Waals surface area contributed by atoms with Crippen molar-refractivity contribution in [2.24, 2.45) is 0 Å². The summed E-state index contributed by atoms with van der Waals surface area (Å²) in [5.74, 6) is 1.91. The van der Waals surface area contributed by atoms with E-state index in [-0.39, 0.29) is 0 Å². The molecule has 0 fully saturated rings. The van der Waals surface area contributed by atoms with Crippen LogP contribution in [-0.4, -0.2) is 18.8 Å². The van der Waals surface area contributed by atoms with Gasteiger partial charge in [0.1, 0.15) is 0 Å². The zero-order valence-corrected chi connectivity index (χ0v) is 10.5. The number of hydrogen-bond donors (Lipinski definition) is 0. The minimum Gasteiger partial charge on any atom is -0.297 e. The molecule has 0 bridgehead atoms. The van der Waals surface area contributed by atoms with Crippen LogP contribution in [-0.2, 0) is 4.57 Å². The maximum atomic E-state index is 12.7. The zero-order valence-electron chi connectivity index (χ0n) is 9.61. The normalized spacial score (nSPS) is 24.2. The first-order valence-electron chi connectivity index (χ1n) is 5.04. The maximum absolute atomic E-state index is 12.7. The summed E-state index contributed by atoms with van der Waals surface area (Å²) in [4.78, 5) is 0. The van der Waals surface area contributed by atoms with Crippen LogP contribution in [0.4, 0.5) is 0 Å². The van der Waals surface area contributed by atoms with Crippen LogP contribution in [0.5, 0.6) is 0 Å². The summed E-state index contributed by atoms with van der Waals surface area (Å²) in [5.41, 5.74) is 3.49. The molecule has 0 saturated carbocycles. The Balaban J connectivity index is 2.69. The fourth-order valence-electron chi connectivity index (χ4n) is 1.98. The molecule has 2 nitrogen and oxygen atoms in total. The molecular formula is C12H16NOP. The van der Waals surface area contributed by atoms with E-state index in [0.717, 1.165) is 16.4 Å². The second-order valence-electron chi connectivity index (χ2n) is 4.30. The number of hydrogen-bond acceptors (Lipinski definition) is 1. The first kappa shape index (κ1) is 10.7. The van der Waals surface area contributed by atoms with Crippen molar-refractivity contribution >= 4 is 18.2 Å². The van der Waals surface area contributed by atoms with E-state index in [0.29, 0.717) is 0 Å². The van der Waals surface area contributed by atoms with Crippen molar-refractivity contribution in [2.75, 3.05) is 14.1 Å². The van der Waals surface area contributed by atoms with Gasteiger partial charge in [0.2, 0.25) is 7.29 Å². The topological polar surface area (TPSA) is 20.3 Å². The molecule has 0 radical (unpaired) electrons. The van der Waals surface area contributed by atoms with Crippen LogP contribution in [0.3, 0.4) is 0 Å². The highest BCUT2D eigenvalue weighted by atomic mass is 31.2. The molecule has 0 saturated heterocycles. The SMILES string of the molecule is CC1=CP(=O)(N(C)C)c2ccc(C)cc21. The van der Waals surface area contributed by atoms with Crippen LogP contribution in [0, 0.1) is 6.92 Å². The molecule has 1 aromatic rings. The average molecular weight is 221 g/mol. The first-order chi connectivity index (χ1) is 6.95. The van der Waals surface area contributed by atoms with Gasteiger partial charge in [0.05, 0.1) is 0 Å². The smallest absolute Gasteiger partial charge is 0.200 e. The van der Waals surface area contributed by atoms with Gasteiger partial charge in [0, 0.05) is 5.30 Å². The van der Waals surface area contributed by atoms with Gasteiger partial charge in [-0.1, -0.05) is 17.7 Å². The van der Waals surface area contributed by atoms with Crippen molar-refractivity contribution < 1.29 is 4.57 Å².